The van der Waals surface area contributed by atoms with Crippen molar-refractivity contribution in [3.63, 3.8) is 0 Å². The van der Waals surface area contributed by atoms with E-state index in [2.05, 4.69) is 205 Å². The molecule has 0 bridgehead atoms. The quantitative estimate of drug-likeness (QED) is 0.160. The third kappa shape index (κ3) is 8.27. The Labute approximate surface area is 373 Å². The maximum Gasteiger partial charge on any atom is 0.137 e. The summed E-state index contributed by atoms with van der Waals surface area (Å²) in [4.78, 5) is 8.88. The molecule has 5 aromatic carbocycles. The van der Waals surface area contributed by atoms with Gasteiger partial charge in [-0.2, -0.15) is 0 Å². The van der Waals surface area contributed by atoms with E-state index >= 15 is 0 Å². The smallest absolute Gasteiger partial charge is 0.137 e. The molecule has 1 aliphatic heterocycles. The summed E-state index contributed by atoms with van der Waals surface area (Å²) < 4.78 is 28.3. The van der Waals surface area contributed by atoms with Crippen LogP contribution in [0.1, 0.15) is 133 Å². The largest absolute Gasteiger partial charge is 0.457 e. The average molecular weight is 825 g/mol. The number of hydrogen-bond acceptors (Lipinski definition) is 4. The van der Waals surface area contributed by atoms with E-state index in [1.54, 1.807) is 0 Å². The zero-order valence-corrected chi connectivity index (χ0v) is 39.5. The molecular weight excluding hydrogens is 757 g/mol. The molecule has 7 aromatic rings. The molecule has 0 radical (unpaired) electrons. The first-order valence-electron chi connectivity index (χ1n) is 23.1. The molecule has 0 saturated heterocycles. The van der Waals surface area contributed by atoms with Crippen LogP contribution in [0.5, 0.6) is 11.5 Å². The molecule has 0 saturated carbocycles. The van der Waals surface area contributed by atoms with Crippen molar-refractivity contribution in [2.75, 3.05) is 16.5 Å². The zero-order chi connectivity index (χ0) is 46.3. The molecule has 0 N–H and O–H groups in total. The Kier molecular flexibility index (Phi) is 9.89. The molecule has 8 rings (SSSR count). The number of hydrogen-bond donors (Lipinski definition) is 0. The van der Waals surface area contributed by atoms with Crippen LogP contribution in [0.2, 0.25) is 0 Å². The first-order valence-corrected chi connectivity index (χ1v) is 22.1. The SMILES string of the molecule is [2H]C1=C([2H])N(c2cc(Oc3cc(C(C)(C)C)c4c5ccccc5n(-c5cc(C(C)(C)C)ccn5)c4c3)cc(C(C)(C)c3ccccc3)c2)CN1c1cc(C(C)(C)C)cc(C(C)(C)C)c1. The number of fused-ring (bicyclic) bond motifs is 3. The molecule has 5 nitrogen and oxygen atoms in total. The van der Waals surface area contributed by atoms with Gasteiger partial charge in [-0.25, -0.2) is 4.98 Å². The van der Waals surface area contributed by atoms with E-state index in [-0.39, 0.29) is 34.0 Å². The minimum Gasteiger partial charge on any atom is -0.457 e. The topological polar surface area (TPSA) is 33.5 Å². The number of pyridine rings is 1. The summed E-state index contributed by atoms with van der Waals surface area (Å²) in [5.41, 5.74) is 10.00. The fourth-order valence-corrected chi connectivity index (χ4v) is 8.55. The van der Waals surface area contributed by atoms with Crippen molar-refractivity contribution in [3.05, 3.63) is 167 Å². The van der Waals surface area contributed by atoms with E-state index in [1.165, 1.54) is 38.6 Å². The lowest BCUT2D eigenvalue weighted by molar-refractivity contribution is 0.477. The highest BCUT2D eigenvalue weighted by atomic mass is 16.5. The summed E-state index contributed by atoms with van der Waals surface area (Å²) >= 11 is 0. The summed E-state index contributed by atoms with van der Waals surface area (Å²) in [6.07, 6.45) is 2.23. The number of ether oxygens (including phenoxy) is 1. The molecule has 0 fully saturated rings. The minimum atomic E-state index is -0.413. The molecular formula is C57H66N4O. The van der Waals surface area contributed by atoms with Crippen molar-refractivity contribution < 1.29 is 7.48 Å². The van der Waals surface area contributed by atoms with Gasteiger partial charge in [-0.05, 0) is 104 Å². The normalized spacial score (nSPS) is 14.9. The van der Waals surface area contributed by atoms with Crippen LogP contribution in [0.4, 0.5) is 11.4 Å². The highest BCUT2D eigenvalue weighted by Gasteiger charge is 2.29. The molecule has 1 aliphatic rings. The van der Waals surface area contributed by atoms with Crippen LogP contribution in [-0.4, -0.2) is 16.2 Å². The van der Waals surface area contributed by atoms with Gasteiger partial charge in [-0.3, -0.25) is 4.57 Å². The summed E-state index contributed by atoms with van der Waals surface area (Å²) in [6, 6.07) is 40.9. The van der Waals surface area contributed by atoms with Crippen LogP contribution in [0, 0.1) is 0 Å². The van der Waals surface area contributed by atoms with Crippen molar-refractivity contribution in [2.24, 2.45) is 0 Å². The average Bonchev–Trinajstić information content (AvgIpc) is 3.72. The van der Waals surface area contributed by atoms with Crippen molar-refractivity contribution >= 4 is 33.2 Å². The molecule has 0 amide bonds. The minimum absolute atomic E-state index is 0.0510. The Morgan fingerprint density at radius 1 is 0.500 bits per heavy atom. The first-order chi connectivity index (χ1) is 29.8. The Morgan fingerprint density at radius 2 is 1.06 bits per heavy atom. The predicted molar refractivity (Wildman–Crippen MR) is 264 cm³/mol. The van der Waals surface area contributed by atoms with Crippen LogP contribution in [-0.2, 0) is 27.1 Å². The number of anilines is 2. The molecule has 0 spiro atoms. The lowest BCUT2D eigenvalue weighted by Gasteiger charge is -2.30. The third-order valence-electron chi connectivity index (χ3n) is 12.6. The van der Waals surface area contributed by atoms with Gasteiger partial charge >= 0.3 is 0 Å². The van der Waals surface area contributed by atoms with E-state index in [4.69, 9.17) is 9.72 Å². The van der Waals surface area contributed by atoms with Gasteiger partial charge in [-0.1, -0.05) is 152 Å². The molecule has 2 aromatic heterocycles. The van der Waals surface area contributed by atoms with Crippen molar-refractivity contribution in [3.8, 4) is 17.3 Å². The van der Waals surface area contributed by atoms with Gasteiger partial charge in [0, 0.05) is 58.2 Å². The lowest BCUT2D eigenvalue weighted by atomic mass is 9.78. The van der Waals surface area contributed by atoms with Gasteiger partial charge in [0.1, 0.15) is 17.3 Å². The van der Waals surface area contributed by atoms with E-state index in [9.17, 15) is 2.74 Å². The van der Waals surface area contributed by atoms with Gasteiger partial charge in [0.15, 0.2) is 0 Å². The van der Waals surface area contributed by atoms with Gasteiger partial charge in [0.25, 0.3) is 0 Å². The molecule has 5 heteroatoms. The monoisotopic (exact) mass is 825 g/mol. The fraction of sp³-hybridized carbons (Fsp3) is 0.351. The van der Waals surface area contributed by atoms with E-state index in [0.717, 1.165) is 33.8 Å². The summed E-state index contributed by atoms with van der Waals surface area (Å²) in [5, 5.41) is 2.36. The van der Waals surface area contributed by atoms with Gasteiger partial charge in [0.05, 0.1) is 20.4 Å². The number of para-hydroxylation sites is 1. The van der Waals surface area contributed by atoms with E-state index < -0.39 is 5.41 Å². The summed E-state index contributed by atoms with van der Waals surface area (Å²) in [5.74, 6) is 2.24. The Hall–Kier alpha value is -5.81. The summed E-state index contributed by atoms with van der Waals surface area (Å²) in [7, 11) is 0. The van der Waals surface area contributed by atoms with Crippen molar-refractivity contribution in [1.29, 1.82) is 0 Å². The van der Waals surface area contributed by atoms with Gasteiger partial charge < -0.3 is 14.5 Å². The van der Waals surface area contributed by atoms with Crippen LogP contribution in [0.25, 0.3) is 27.6 Å². The lowest BCUT2D eigenvalue weighted by Crippen LogP contribution is -2.26. The molecule has 3 heterocycles. The second kappa shape index (κ2) is 15.2. The van der Waals surface area contributed by atoms with Crippen molar-refractivity contribution in [1.82, 2.24) is 9.55 Å². The highest BCUT2D eigenvalue weighted by Crippen LogP contribution is 2.44. The second-order valence-corrected chi connectivity index (χ2v) is 21.9. The maximum absolute atomic E-state index is 9.47. The molecule has 62 heavy (non-hydrogen) atoms. The zero-order valence-electron chi connectivity index (χ0n) is 41.5. The number of rotatable bonds is 7. The van der Waals surface area contributed by atoms with Crippen LogP contribution in [0.15, 0.2) is 134 Å². The van der Waals surface area contributed by atoms with Crippen LogP contribution in [0.3, 0.4) is 0 Å². The number of nitrogens with zero attached hydrogens (tertiary/aromatic N) is 4. The molecule has 0 atom stereocenters. The Balaban J connectivity index is 1.30. The van der Waals surface area contributed by atoms with Crippen LogP contribution >= 0.6 is 0 Å². The predicted octanol–water partition coefficient (Wildman–Crippen LogP) is 15.2. The summed E-state index contributed by atoms with van der Waals surface area (Å²) in [6.45, 7) is 31.7. The second-order valence-electron chi connectivity index (χ2n) is 21.9. The maximum atomic E-state index is 9.47. The van der Waals surface area contributed by atoms with E-state index in [0.29, 0.717) is 18.2 Å². The Bertz CT molecular complexity index is 2900. The highest BCUT2D eigenvalue weighted by molar-refractivity contribution is 6.11. The molecule has 0 unspecified atom stereocenters. The fourth-order valence-electron chi connectivity index (χ4n) is 8.55. The standard InChI is InChI=1S/C57H66N4O/c1-53(2,3)39-24-25-58-51(33-39)61-49-23-19-18-22-47(49)52-48(56(10,11)12)35-46(36-50(52)61)62-45-32-42(57(13,14)38-20-16-15-17-21-38)31-44(34-45)60-27-26-59(37-60)43-29-40(54(4,5)6)28-41(30-43)55(7,8)9/h15-36H,37H2,1-14H3/i26D,27D. The Morgan fingerprint density at radius 3 is 1.68 bits per heavy atom. The van der Waals surface area contributed by atoms with Crippen LogP contribution < -0.4 is 14.5 Å². The van der Waals surface area contributed by atoms with E-state index in [1.807, 2.05) is 28.1 Å². The number of aromatic nitrogens is 2. The number of benzene rings is 5. The molecule has 320 valence electrons. The van der Waals surface area contributed by atoms with Gasteiger partial charge in [0.2, 0.25) is 0 Å². The third-order valence-corrected chi connectivity index (χ3v) is 12.6. The van der Waals surface area contributed by atoms with Gasteiger partial charge in [-0.15, -0.1) is 0 Å². The molecule has 0 aliphatic carbocycles. The van der Waals surface area contributed by atoms with Crippen molar-refractivity contribution in [2.45, 2.75) is 124 Å². The first kappa shape index (κ1) is 40.3.